The Kier molecular flexibility index (Phi) is 4.14. The molecule has 1 amide bonds. The standard InChI is InChI=1S/C18H14ClN5O2/c1-11-16(17(23-26-11)12-6-2-3-7-13(12)19)18(25)20-10-15-22-21-14-8-4-5-9-24(14)15/h2-9H,10H2,1H3,(H,20,25). The number of rotatable bonds is 4. The highest BCUT2D eigenvalue weighted by Gasteiger charge is 2.23. The number of hydrogen-bond donors (Lipinski definition) is 1. The van der Waals surface area contributed by atoms with Crippen molar-refractivity contribution in [3.63, 3.8) is 0 Å². The molecule has 1 N–H and O–H groups in total. The largest absolute Gasteiger partial charge is 0.360 e. The van der Waals surface area contributed by atoms with Gasteiger partial charge in [0.2, 0.25) is 0 Å². The van der Waals surface area contributed by atoms with Crippen LogP contribution < -0.4 is 5.32 Å². The van der Waals surface area contributed by atoms with Crippen LogP contribution in [0.15, 0.2) is 53.2 Å². The quantitative estimate of drug-likeness (QED) is 0.598. The Morgan fingerprint density at radius 1 is 1.19 bits per heavy atom. The number of carbonyl (C=O) groups is 1. The number of nitrogens with one attached hydrogen (secondary N) is 1. The average molecular weight is 368 g/mol. The minimum absolute atomic E-state index is 0.219. The fourth-order valence-electron chi connectivity index (χ4n) is 2.74. The molecule has 0 bridgehead atoms. The van der Waals surface area contributed by atoms with Crippen LogP contribution in [0, 0.1) is 6.92 Å². The summed E-state index contributed by atoms with van der Waals surface area (Å²) in [7, 11) is 0. The third-order valence-corrected chi connectivity index (χ3v) is 4.34. The number of hydrogen-bond acceptors (Lipinski definition) is 5. The Bertz CT molecular complexity index is 1100. The van der Waals surface area contributed by atoms with E-state index < -0.39 is 0 Å². The fraction of sp³-hybridized carbons (Fsp3) is 0.111. The molecule has 26 heavy (non-hydrogen) atoms. The summed E-state index contributed by atoms with van der Waals surface area (Å²) in [5.74, 6) is 0.734. The van der Waals surface area contributed by atoms with Crippen LogP contribution in [0.3, 0.4) is 0 Å². The Labute approximate surface area is 153 Å². The summed E-state index contributed by atoms with van der Waals surface area (Å²) in [6.45, 7) is 1.91. The van der Waals surface area contributed by atoms with E-state index in [0.717, 1.165) is 5.65 Å². The summed E-state index contributed by atoms with van der Waals surface area (Å²) in [6, 6.07) is 12.8. The number of amides is 1. The van der Waals surface area contributed by atoms with Gasteiger partial charge in [0.05, 0.1) is 11.6 Å². The predicted octanol–water partition coefficient (Wildman–Crippen LogP) is 3.28. The Morgan fingerprint density at radius 2 is 2.00 bits per heavy atom. The van der Waals surface area contributed by atoms with Gasteiger partial charge in [0.15, 0.2) is 11.5 Å². The van der Waals surface area contributed by atoms with Gasteiger partial charge in [-0.3, -0.25) is 9.20 Å². The van der Waals surface area contributed by atoms with Crippen LogP contribution in [-0.4, -0.2) is 25.7 Å². The average Bonchev–Trinajstić information content (AvgIpc) is 3.24. The molecule has 0 radical (unpaired) electrons. The number of aromatic nitrogens is 4. The first-order chi connectivity index (χ1) is 12.6. The van der Waals surface area contributed by atoms with E-state index in [2.05, 4.69) is 20.7 Å². The second-order valence-electron chi connectivity index (χ2n) is 5.67. The van der Waals surface area contributed by atoms with Crippen molar-refractivity contribution in [3.05, 3.63) is 70.8 Å². The molecule has 0 spiro atoms. The van der Waals surface area contributed by atoms with E-state index in [1.54, 1.807) is 19.1 Å². The molecule has 0 saturated heterocycles. The first kappa shape index (κ1) is 16.3. The van der Waals surface area contributed by atoms with E-state index in [9.17, 15) is 4.79 Å². The molecule has 4 aromatic rings. The lowest BCUT2D eigenvalue weighted by Crippen LogP contribution is -2.24. The van der Waals surface area contributed by atoms with Gasteiger partial charge in [-0.05, 0) is 25.1 Å². The van der Waals surface area contributed by atoms with Gasteiger partial charge >= 0.3 is 0 Å². The zero-order chi connectivity index (χ0) is 18.1. The SMILES string of the molecule is Cc1onc(-c2ccccc2Cl)c1C(=O)NCc1nnc2ccccn12. The zero-order valence-corrected chi connectivity index (χ0v) is 14.6. The van der Waals surface area contributed by atoms with Gasteiger partial charge in [-0.15, -0.1) is 10.2 Å². The topological polar surface area (TPSA) is 85.3 Å². The predicted molar refractivity (Wildman–Crippen MR) is 95.8 cm³/mol. The molecule has 130 valence electrons. The second kappa shape index (κ2) is 6.61. The molecule has 8 heteroatoms. The van der Waals surface area contributed by atoms with Gasteiger partial charge in [-0.1, -0.05) is 41.0 Å². The second-order valence-corrected chi connectivity index (χ2v) is 6.08. The van der Waals surface area contributed by atoms with Gasteiger partial charge < -0.3 is 9.84 Å². The molecule has 7 nitrogen and oxygen atoms in total. The van der Waals surface area contributed by atoms with E-state index >= 15 is 0 Å². The number of benzene rings is 1. The lowest BCUT2D eigenvalue weighted by molar-refractivity contribution is 0.0949. The smallest absolute Gasteiger partial charge is 0.257 e. The maximum atomic E-state index is 12.8. The highest BCUT2D eigenvalue weighted by Crippen LogP contribution is 2.30. The lowest BCUT2D eigenvalue weighted by Gasteiger charge is -2.06. The molecule has 0 aliphatic carbocycles. The number of fused-ring (bicyclic) bond motifs is 1. The van der Waals surface area contributed by atoms with Crippen molar-refractivity contribution < 1.29 is 9.32 Å². The lowest BCUT2D eigenvalue weighted by atomic mass is 10.1. The summed E-state index contributed by atoms with van der Waals surface area (Å²) in [4.78, 5) is 12.8. The maximum absolute atomic E-state index is 12.8. The first-order valence-electron chi connectivity index (χ1n) is 7.93. The highest BCUT2D eigenvalue weighted by molar-refractivity contribution is 6.33. The molecule has 1 aromatic carbocycles. The van der Waals surface area contributed by atoms with E-state index in [0.29, 0.717) is 33.4 Å². The summed E-state index contributed by atoms with van der Waals surface area (Å²) in [5, 5.41) is 15.5. The molecule has 3 aromatic heterocycles. The van der Waals surface area contributed by atoms with Crippen molar-refractivity contribution in [1.29, 1.82) is 0 Å². The van der Waals surface area contributed by atoms with Crippen LogP contribution in [0.4, 0.5) is 0 Å². The van der Waals surface area contributed by atoms with E-state index in [4.69, 9.17) is 16.1 Å². The fourth-order valence-corrected chi connectivity index (χ4v) is 2.96. The number of pyridine rings is 1. The molecule has 3 heterocycles. The maximum Gasteiger partial charge on any atom is 0.257 e. The van der Waals surface area contributed by atoms with Gasteiger partial charge in [0.25, 0.3) is 5.91 Å². The van der Waals surface area contributed by atoms with Crippen molar-refractivity contribution in [2.24, 2.45) is 0 Å². The van der Waals surface area contributed by atoms with Crippen molar-refractivity contribution in [2.45, 2.75) is 13.5 Å². The van der Waals surface area contributed by atoms with Crippen LogP contribution in [0.5, 0.6) is 0 Å². The molecular weight excluding hydrogens is 354 g/mol. The van der Waals surface area contributed by atoms with E-state index in [1.807, 2.05) is 40.9 Å². The molecule has 0 aliphatic heterocycles. The van der Waals surface area contributed by atoms with E-state index in [-0.39, 0.29) is 12.5 Å². The Balaban J connectivity index is 1.61. The molecule has 0 fully saturated rings. The van der Waals surface area contributed by atoms with Gasteiger partial charge in [-0.25, -0.2) is 0 Å². The first-order valence-corrected chi connectivity index (χ1v) is 8.31. The third kappa shape index (κ3) is 2.82. The van der Waals surface area contributed by atoms with E-state index in [1.165, 1.54) is 0 Å². The summed E-state index contributed by atoms with van der Waals surface area (Å²) < 4.78 is 7.05. The van der Waals surface area contributed by atoms with Gasteiger partial charge in [0.1, 0.15) is 17.0 Å². The molecule has 4 rings (SSSR count). The normalized spacial score (nSPS) is 11.0. The number of carbonyl (C=O) groups excluding carboxylic acids is 1. The Morgan fingerprint density at radius 3 is 2.85 bits per heavy atom. The number of halogens is 1. The van der Waals surface area contributed by atoms with Crippen molar-refractivity contribution in [3.8, 4) is 11.3 Å². The Hall–Kier alpha value is -3.19. The number of aryl methyl sites for hydroxylation is 1. The zero-order valence-electron chi connectivity index (χ0n) is 13.8. The van der Waals surface area contributed by atoms with Crippen LogP contribution in [0.25, 0.3) is 16.9 Å². The molecule has 0 unspecified atom stereocenters. The summed E-state index contributed by atoms with van der Waals surface area (Å²) in [6.07, 6.45) is 1.84. The molecular formula is C18H14ClN5O2. The van der Waals surface area contributed by atoms with Crippen molar-refractivity contribution in [1.82, 2.24) is 25.1 Å². The third-order valence-electron chi connectivity index (χ3n) is 4.01. The van der Waals surface area contributed by atoms with Crippen molar-refractivity contribution >= 4 is 23.2 Å². The van der Waals surface area contributed by atoms with Crippen LogP contribution >= 0.6 is 11.6 Å². The van der Waals surface area contributed by atoms with Crippen LogP contribution in [0.2, 0.25) is 5.02 Å². The minimum atomic E-state index is -0.314. The molecule has 0 aliphatic rings. The highest BCUT2D eigenvalue weighted by atomic mass is 35.5. The monoisotopic (exact) mass is 367 g/mol. The van der Waals surface area contributed by atoms with Crippen molar-refractivity contribution in [2.75, 3.05) is 0 Å². The summed E-state index contributed by atoms with van der Waals surface area (Å²) in [5.41, 5.74) is 2.13. The van der Waals surface area contributed by atoms with Gasteiger partial charge in [0, 0.05) is 11.8 Å². The van der Waals surface area contributed by atoms with Crippen LogP contribution in [0.1, 0.15) is 21.9 Å². The summed E-state index contributed by atoms with van der Waals surface area (Å²) >= 11 is 6.23. The molecule has 0 saturated carbocycles. The molecule has 0 atom stereocenters. The number of nitrogens with zero attached hydrogens (tertiary/aromatic N) is 4. The van der Waals surface area contributed by atoms with Crippen LogP contribution in [-0.2, 0) is 6.54 Å². The minimum Gasteiger partial charge on any atom is -0.360 e. The van der Waals surface area contributed by atoms with Gasteiger partial charge in [-0.2, -0.15) is 0 Å².